The summed E-state index contributed by atoms with van der Waals surface area (Å²) < 4.78 is 39.3. The Morgan fingerprint density at radius 2 is 2.06 bits per heavy atom. The topological polar surface area (TPSA) is 84.7 Å². The molecule has 0 radical (unpaired) electrons. The predicted molar refractivity (Wildman–Crippen MR) is 107 cm³/mol. The number of carboxylic acid groups (broad SMARTS) is 1. The van der Waals surface area contributed by atoms with Gasteiger partial charge in [0.15, 0.2) is 0 Å². The van der Waals surface area contributed by atoms with E-state index in [9.17, 15) is 18.0 Å². The zero-order valence-electron chi connectivity index (χ0n) is 17.0. The molecule has 2 aromatic heterocycles. The lowest BCUT2D eigenvalue weighted by atomic mass is 9.99. The summed E-state index contributed by atoms with van der Waals surface area (Å²) in [6, 6.07) is 2.01. The Hall–Kier alpha value is -2.40. The SMILES string of the molecule is COCC1c2c(cnn2CC2CC2)CCN1C(=O)Cc1ccsc1.O=C(O)C(F)(F)F. The molecular weight excluding hydrogens is 435 g/mol. The van der Waals surface area contributed by atoms with E-state index >= 15 is 0 Å². The van der Waals surface area contributed by atoms with E-state index in [1.54, 1.807) is 18.4 Å². The number of methoxy groups -OCH3 is 1. The van der Waals surface area contributed by atoms with Gasteiger partial charge >= 0.3 is 12.1 Å². The molecule has 0 aromatic carbocycles. The van der Waals surface area contributed by atoms with Crippen molar-refractivity contribution >= 4 is 23.2 Å². The van der Waals surface area contributed by atoms with E-state index in [0.717, 1.165) is 31.0 Å². The van der Waals surface area contributed by atoms with Gasteiger partial charge < -0.3 is 14.7 Å². The Kier molecular flexibility index (Phi) is 7.37. The molecule has 1 N–H and O–H groups in total. The number of hydrogen-bond acceptors (Lipinski definition) is 5. The molecule has 170 valence electrons. The molecule has 1 amide bonds. The number of ether oxygens (including phenoxy) is 1. The number of aromatic nitrogens is 2. The summed E-state index contributed by atoms with van der Waals surface area (Å²) in [6.07, 6.45) is 0.848. The molecule has 4 rings (SSSR count). The normalized spacial score (nSPS) is 18.2. The number of thiophene rings is 1. The zero-order chi connectivity index (χ0) is 22.6. The van der Waals surface area contributed by atoms with Gasteiger partial charge in [-0.1, -0.05) is 0 Å². The summed E-state index contributed by atoms with van der Waals surface area (Å²) in [5.74, 6) is -1.82. The number of aliphatic carboxylic acids is 1. The van der Waals surface area contributed by atoms with Crippen molar-refractivity contribution in [1.82, 2.24) is 14.7 Å². The third-order valence-corrected chi connectivity index (χ3v) is 5.96. The summed E-state index contributed by atoms with van der Waals surface area (Å²) in [6.45, 7) is 2.25. The number of carboxylic acids is 1. The quantitative estimate of drug-likeness (QED) is 0.717. The Bertz CT molecular complexity index is 894. The van der Waals surface area contributed by atoms with Crippen LogP contribution < -0.4 is 0 Å². The van der Waals surface area contributed by atoms with E-state index in [2.05, 4.69) is 15.2 Å². The van der Waals surface area contributed by atoms with Crippen LogP contribution in [0.3, 0.4) is 0 Å². The summed E-state index contributed by atoms with van der Waals surface area (Å²) in [4.78, 5) is 23.8. The second-order valence-corrected chi connectivity index (χ2v) is 8.38. The average molecular weight is 459 g/mol. The first kappa shape index (κ1) is 23.3. The fourth-order valence-corrected chi connectivity index (χ4v) is 4.21. The molecule has 0 bridgehead atoms. The molecule has 3 heterocycles. The van der Waals surface area contributed by atoms with Crippen molar-refractivity contribution in [2.75, 3.05) is 20.3 Å². The van der Waals surface area contributed by atoms with Gasteiger partial charge in [0.25, 0.3) is 0 Å². The van der Waals surface area contributed by atoms with Crippen LogP contribution in [-0.4, -0.2) is 58.1 Å². The monoisotopic (exact) mass is 459 g/mol. The summed E-state index contributed by atoms with van der Waals surface area (Å²) in [7, 11) is 1.71. The Morgan fingerprint density at radius 3 is 2.61 bits per heavy atom. The molecule has 2 aliphatic rings. The van der Waals surface area contributed by atoms with E-state index in [-0.39, 0.29) is 11.9 Å². The maximum absolute atomic E-state index is 12.9. The molecule has 31 heavy (non-hydrogen) atoms. The van der Waals surface area contributed by atoms with Gasteiger partial charge in [0.05, 0.1) is 31.0 Å². The van der Waals surface area contributed by atoms with Crippen molar-refractivity contribution in [2.45, 2.75) is 44.4 Å². The number of alkyl halides is 3. The highest BCUT2D eigenvalue weighted by Gasteiger charge is 2.38. The van der Waals surface area contributed by atoms with Crippen LogP contribution in [0.15, 0.2) is 23.0 Å². The molecule has 0 spiro atoms. The second kappa shape index (κ2) is 9.82. The van der Waals surface area contributed by atoms with Crippen LogP contribution in [0.25, 0.3) is 0 Å². The van der Waals surface area contributed by atoms with E-state index in [4.69, 9.17) is 14.6 Å². The van der Waals surface area contributed by atoms with Crippen LogP contribution in [-0.2, 0) is 33.7 Å². The summed E-state index contributed by atoms with van der Waals surface area (Å²) in [5, 5.41) is 15.8. The summed E-state index contributed by atoms with van der Waals surface area (Å²) >= 11 is 1.64. The second-order valence-electron chi connectivity index (χ2n) is 7.60. The van der Waals surface area contributed by atoms with Crippen LogP contribution in [0.2, 0.25) is 0 Å². The molecule has 1 saturated carbocycles. The molecule has 7 nitrogen and oxygen atoms in total. The van der Waals surface area contributed by atoms with Crippen molar-refractivity contribution in [3.8, 4) is 0 Å². The Balaban J connectivity index is 0.000000339. The third kappa shape index (κ3) is 6.07. The minimum atomic E-state index is -5.08. The Morgan fingerprint density at radius 1 is 1.35 bits per heavy atom. The highest BCUT2D eigenvalue weighted by Crippen LogP contribution is 2.35. The van der Waals surface area contributed by atoms with E-state index in [1.807, 2.05) is 22.5 Å². The maximum atomic E-state index is 12.9. The van der Waals surface area contributed by atoms with Gasteiger partial charge in [0.2, 0.25) is 5.91 Å². The standard InChI is InChI=1S/C18H23N3O2S.C2HF3O2/c1-23-11-16-18-15(9-19-21(18)10-13-2-3-13)4-6-20(16)17(22)8-14-5-7-24-12-14;3-2(4,5)1(6)7/h5,7,9,12-13,16H,2-4,6,8,10-11H2,1H3;(H,6,7). The maximum Gasteiger partial charge on any atom is 0.490 e. The van der Waals surface area contributed by atoms with Gasteiger partial charge in [-0.15, -0.1) is 0 Å². The Labute approximate surface area is 181 Å². The molecule has 1 unspecified atom stereocenters. The van der Waals surface area contributed by atoms with Gasteiger partial charge in [-0.3, -0.25) is 9.48 Å². The van der Waals surface area contributed by atoms with Gasteiger partial charge in [-0.2, -0.15) is 29.6 Å². The number of hydrogen-bond donors (Lipinski definition) is 1. The van der Waals surface area contributed by atoms with E-state index in [0.29, 0.717) is 13.0 Å². The number of halogens is 3. The van der Waals surface area contributed by atoms with Crippen LogP contribution in [0.5, 0.6) is 0 Å². The zero-order valence-corrected chi connectivity index (χ0v) is 17.8. The first-order chi connectivity index (χ1) is 14.7. The minimum Gasteiger partial charge on any atom is -0.475 e. The first-order valence-electron chi connectivity index (χ1n) is 9.84. The van der Waals surface area contributed by atoms with E-state index in [1.165, 1.54) is 24.1 Å². The number of fused-ring (bicyclic) bond motifs is 1. The van der Waals surface area contributed by atoms with Crippen molar-refractivity contribution in [2.24, 2.45) is 5.92 Å². The lowest BCUT2D eigenvalue weighted by molar-refractivity contribution is -0.192. The molecule has 11 heteroatoms. The lowest BCUT2D eigenvalue weighted by Crippen LogP contribution is -2.43. The van der Waals surface area contributed by atoms with Gasteiger partial charge in [0, 0.05) is 20.2 Å². The number of carbonyl (C=O) groups is 2. The van der Waals surface area contributed by atoms with Crippen molar-refractivity contribution in [3.63, 3.8) is 0 Å². The van der Waals surface area contributed by atoms with E-state index < -0.39 is 12.1 Å². The molecule has 2 aromatic rings. The fourth-order valence-electron chi connectivity index (χ4n) is 3.54. The van der Waals surface area contributed by atoms with Crippen molar-refractivity contribution in [1.29, 1.82) is 0 Å². The first-order valence-corrected chi connectivity index (χ1v) is 10.8. The number of nitrogens with zero attached hydrogens (tertiary/aromatic N) is 3. The number of rotatable bonds is 6. The van der Waals surface area contributed by atoms with Gasteiger partial charge in [0.1, 0.15) is 0 Å². The number of amides is 1. The molecule has 1 aliphatic heterocycles. The smallest absolute Gasteiger partial charge is 0.475 e. The van der Waals surface area contributed by atoms with Crippen LogP contribution in [0, 0.1) is 5.92 Å². The third-order valence-electron chi connectivity index (χ3n) is 5.22. The molecular formula is C20H24F3N3O4S. The highest BCUT2D eigenvalue weighted by molar-refractivity contribution is 7.08. The van der Waals surface area contributed by atoms with Gasteiger partial charge in [-0.25, -0.2) is 4.79 Å². The number of carbonyl (C=O) groups excluding carboxylic acids is 1. The van der Waals surface area contributed by atoms with Gasteiger partial charge in [-0.05, 0) is 53.1 Å². The van der Waals surface area contributed by atoms with Crippen LogP contribution >= 0.6 is 11.3 Å². The van der Waals surface area contributed by atoms with Crippen LogP contribution in [0.4, 0.5) is 13.2 Å². The minimum absolute atomic E-state index is 0.0221. The largest absolute Gasteiger partial charge is 0.490 e. The van der Waals surface area contributed by atoms with Crippen LogP contribution in [0.1, 0.15) is 35.7 Å². The lowest BCUT2D eigenvalue weighted by Gasteiger charge is -2.36. The van der Waals surface area contributed by atoms with Crippen molar-refractivity contribution in [3.05, 3.63) is 39.8 Å². The molecule has 1 fully saturated rings. The fraction of sp³-hybridized carbons (Fsp3) is 0.550. The van der Waals surface area contributed by atoms with Crippen molar-refractivity contribution < 1.29 is 32.6 Å². The summed E-state index contributed by atoms with van der Waals surface area (Å²) in [5.41, 5.74) is 3.56. The average Bonchev–Trinajstić information content (AvgIpc) is 3.19. The molecule has 0 saturated heterocycles. The predicted octanol–water partition coefficient (Wildman–Crippen LogP) is 3.30. The highest BCUT2D eigenvalue weighted by atomic mass is 32.1. The molecule has 1 atom stereocenters. The molecule has 1 aliphatic carbocycles.